The van der Waals surface area contributed by atoms with Gasteiger partial charge < -0.3 is 10.1 Å². The lowest BCUT2D eigenvalue weighted by molar-refractivity contribution is 0.0928. The molecule has 6 nitrogen and oxygen atoms in total. The molecule has 1 unspecified atom stereocenters. The highest BCUT2D eigenvalue weighted by Gasteiger charge is 2.18. The molecular weight excluding hydrogens is 292 g/mol. The van der Waals surface area contributed by atoms with E-state index < -0.39 is 10.0 Å². The minimum Gasteiger partial charge on any atom is -0.385 e. The Kier molecular flexibility index (Phi) is 5.88. The lowest BCUT2D eigenvalue weighted by Gasteiger charge is -2.16. The largest absolute Gasteiger partial charge is 0.385 e. The molecule has 1 aromatic rings. The van der Waals surface area contributed by atoms with Gasteiger partial charge >= 0.3 is 0 Å². The summed E-state index contributed by atoms with van der Waals surface area (Å²) in [6.07, 6.45) is 0.676. The van der Waals surface area contributed by atoms with E-state index in [1.54, 1.807) is 21.0 Å². The third-order valence-corrected chi connectivity index (χ3v) is 4.24. The molecule has 118 valence electrons. The van der Waals surface area contributed by atoms with Crippen LogP contribution >= 0.6 is 0 Å². The fraction of sp³-hybridized carbons (Fsp3) is 0.500. The highest BCUT2D eigenvalue weighted by atomic mass is 32.2. The quantitative estimate of drug-likeness (QED) is 0.821. The van der Waals surface area contributed by atoms with Crippen LogP contribution in [0.4, 0.5) is 0 Å². The SMILES string of the molecule is COCCC(C)NC(=O)c1cc(S(N)(=O)=O)cc(C)c1C. The number of nitrogens with one attached hydrogen (secondary N) is 1. The van der Waals surface area contributed by atoms with E-state index in [1.165, 1.54) is 12.1 Å². The fourth-order valence-corrected chi connectivity index (χ4v) is 2.52. The number of sulfonamides is 1. The van der Waals surface area contributed by atoms with E-state index in [1.807, 2.05) is 6.92 Å². The van der Waals surface area contributed by atoms with Crippen molar-refractivity contribution in [3.8, 4) is 0 Å². The number of aryl methyl sites for hydroxylation is 1. The second-order valence-electron chi connectivity index (χ2n) is 5.11. The molecule has 1 rings (SSSR count). The van der Waals surface area contributed by atoms with Gasteiger partial charge in [-0.1, -0.05) is 0 Å². The first-order valence-corrected chi connectivity index (χ1v) is 8.15. The van der Waals surface area contributed by atoms with Gasteiger partial charge in [-0.05, 0) is 50.5 Å². The van der Waals surface area contributed by atoms with Crippen LogP contribution in [-0.2, 0) is 14.8 Å². The van der Waals surface area contributed by atoms with E-state index in [4.69, 9.17) is 9.88 Å². The molecule has 0 spiro atoms. The van der Waals surface area contributed by atoms with Crippen molar-refractivity contribution < 1.29 is 17.9 Å². The fourth-order valence-electron chi connectivity index (χ4n) is 1.89. The van der Waals surface area contributed by atoms with Crippen LogP contribution < -0.4 is 10.5 Å². The Hall–Kier alpha value is -1.44. The van der Waals surface area contributed by atoms with Crippen molar-refractivity contribution in [1.29, 1.82) is 0 Å². The molecule has 0 bridgehead atoms. The highest BCUT2D eigenvalue weighted by Crippen LogP contribution is 2.19. The first-order chi connectivity index (χ1) is 9.66. The topological polar surface area (TPSA) is 98.5 Å². The molecule has 7 heteroatoms. The minimum atomic E-state index is -3.84. The number of benzene rings is 1. The number of primary sulfonamides is 1. The summed E-state index contributed by atoms with van der Waals surface area (Å²) in [6.45, 7) is 5.92. The number of ether oxygens (including phenoxy) is 1. The van der Waals surface area contributed by atoms with Crippen molar-refractivity contribution in [3.05, 3.63) is 28.8 Å². The second-order valence-corrected chi connectivity index (χ2v) is 6.68. The monoisotopic (exact) mass is 314 g/mol. The number of carbonyl (C=O) groups is 1. The van der Waals surface area contributed by atoms with E-state index in [0.717, 1.165) is 5.56 Å². The average molecular weight is 314 g/mol. The van der Waals surface area contributed by atoms with Gasteiger partial charge in [0.05, 0.1) is 4.90 Å². The molecule has 0 aromatic heterocycles. The molecule has 0 aliphatic rings. The number of hydrogen-bond acceptors (Lipinski definition) is 4. The van der Waals surface area contributed by atoms with Gasteiger partial charge in [-0.25, -0.2) is 13.6 Å². The Bertz CT molecular complexity index is 626. The third kappa shape index (κ3) is 4.80. The highest BCUT2D eigenvalue weighted by molar-refractivity contribution is 7.89. The predicted octanol–water partition coefficient (Wildman–Crippen LogP) is 1.11. The smallest absolute Gasteiger partial charge is 0.251 e. The zero-order valence-electron chi connectivity index (χ0n) is 12.8. The molecule has 0 fully saturated rings. The molecule has 0 saturated carbocycles. The van der Waals surface area contributed by atoms with Gasteiger partial charge in [0.15, 0.2) is 0 Å². The summed E-state index contributed by atoms with van der Waals surface area (Å²) in [6, 6.07) is 2.71. The van der Waals surface area contributed by atoms with Crippen LogP contribution in [0.3, 0.4) is 0 Å². The summed E-state index contributed by atoms with van der Waals surface area (Å²) in [5, 5.41) is 7.96. The lowest BCUT2D eigenvalue weighted by atomic mass is 10.0. The number of nitrogens with two attached hydrogens (primary N) is 1. The number of amides is 1. The van der Waals surface area contributed by atoms with Crippen LogP contribution in [0.25, 0.3) is 0 Å². The molecule has 1 atom stereocenters. The number of methoxy groups -OCH3 is 1. The summed E-state index contributed by atoms with van der Waals surface area (Å²) in [5.41, 5.74) is 1.76. The summed E-state index contributed by atoms with van der Waals surface area (Å²) < 4.78 is 27.9. The molecule has 0 aliphatic carbocycles. The Morgan fingerprint density at radius 3 is 2.52 bits per heavy atom. The van der Waals surface area contributed by atoms with Crippen molar-refractivity contribution in [2.45, 2.75) is 38.1 Å². The first-order valence-electron chi connectivity index (χ1n) is 6.60. The third-order valence-electron chi connectivity index (χ3n) is 3.35. The first kappa shape index (κ1) is 17.6. The van der Waals surface area contributed by atoms with Crippen LogP contribution in [0, 0.1) is 13.8 Å². The molecule has 0 heterocycles. The van der Waals surface area contributed by atoms with Gasteiger partial charge in [0.1, 0.15) is 0 Å². The van der Waals surface area contributed by atoms with Crippen LogP contribution in [0.15, 0.2) is 17.0 Å². The number of rotatable bonds is 6. The van der Waals surface area contributed by atoms with Crippen LogP contribution in [0.5, 0.6) is 0 Å². The van der Waals surface area contributed by atoms with Crippen molar-refractivity contribution in [2.24, 2.45) is 5.14 Å². The summed E-state index contributed by atoms with van der Waals surface area (Å²) >= 11 is 0. The van der Waals surface area contributed by atoms with Crippen molar-refractivity contribution >= 4 is 15.9 Å². The maximum atomic E-state index is 12.3. The summed E-state index contributed by atoms with van der Waals surface area (Å²) in [7, 11) is -2.25. The normalized spacial score (nSPS) is 13.0. The molecular formula is C14H22N2O4S. The number of carbonyl (C=O) groups excluding carboxylic acids is 1. The molecule has 0 radical (unpaired) electrons. The van der Waals surface area contributed by atoms with Crippen molar-refractivity contribution in [3.63, 3.8) is 0 Å². The van der Waals surface area contributed by atoms with Crippen LogP contribution in [-0.4, -0.2) is 34.1 Å². The Morgan fingerprint density at radius 1 is 1.38 bits per heavy atom. The van der Waals surface area contributed by atoms with E-state index in [0.29, 0.717) is 24.2 Å². The Balaban J connectivity index is 3.06. The predicted molar refractivity (Wildman–Crippen MR) is 80.7 cm³/mol. The summed E-state index contributed by atoms with van der Waals surface area (Å²) in [4.78, 5) is 12.2. The maximum absolute atomic E-state index is 12.3. The standard InChI is InChI=1S/C14H22N2O4S/c1-9-7-12(21(15,18)19)8-13(11(9)3)14(17)16-10(2)5-6-20-4/h7-8,10H,5-6H2,1-4H3,(H,16,17)(H2,15,18,19). The minimum absolute atomic E-state index is 0.0553. The molecule has 1 aromatic carbocycles. The van der Waals surface area contributed by atoms with E-state index in [9.17, 15) is 13.2 Å². The average Bonchev–Trinajstić information content (AvgIpc) is 2.37. The Morgan fingerprint density at radius 2 is 2.00 bits per heavy atom. The van der Waals surface area contributed by atoms with E-state index in [2.05, 4.69) is 5.32 Å². The van der Waals surface area contributed by atoms with E-state index >= 15 is 0 Å². The van der Waals surface area contributed by atoms with Gasteiger partial charge in [-0.3, -0.25) is 4.79 Å². The maximum Gasteiger partial charge on any atom is 0.251 e. The second kappa shape index (κ2) is 7.02. The van der Waals surface area contributed by atoms with Gasteiger partial charge in [-0.2, -0.15) is 0 Å². The lowest BCUT2D eigenvalue weighted by Crippen LogP contribution is -2.34. The summed E-state index contributed by atoms with van der Waals surface area (Å²) in [5.74, 6) is -0.315. The molecule has 21 heavy (non-hydrogen) atoms. The molecule has 1 amide bonds. The molecule has 3 N–H and O–H groups in total. The van der Waals surface area contributed by atoms with Crippen LogP contribution in [0.2, 0.25) is 0 Å². The van der Waals surface area contributed by atoms with Crippen molar-refractivity contribution in [2.75, 3.05) is 13.7 Å². The van der Waals surface area contributed by atoms with Gasteiger partial charge in [-0.15, -0.1) is 0 Å². The number of hydrogen-bond donors (Lipinski definition) is 2. The zero-order chi connectivity index (χ0) is 16.2. The molecule has 0 aliphatic heterocycles. The van der Waals surface area contributed by atoms with E-state index in [-0.39, 0.29) is 16.8 Å². The van der Waals surface area contributed by atoms with Gasteiger partial charge in [0.2, 0.25) is 10.0 Å². The van der Waals surface area contributed by atoms with Gasteiger partial charge in [0.25, 0.3) is 5.91 Å². The van der Waals surface area contributed by atoms with Crippen molar-refractivity contribution in [1.82, 2.24) is 5.32 Å². The van der Waals surface area contributed by atoms with Crippen LogP contribution in [0.1, 0.15) is 34.8 Å². The zero-order valence-corrected chi connectivity index (χ0v) is 13.6. The molecule has 0 saturated heterocycles. The Labute approximate surface area is 125 Å². The van der Waals surface area contributed by atoms with Gasteiger partial charge in [0, 0.05) is 25.3 Å².